The molecule has 0 amide bonds. The maximum atomic E-state index is 2.10. The van der Waals surface area contributed by atoms with Gasteiger partial charge in [-0.3, -0.25) is 0 Å². The molecule has 0 nitrogen and oxygen atoms in total. The van der Waals surface area contributed by atoms with E-state index in [-0.39, 0.29) is 0 Å². The molecule has 0 aliphatic rings. The molecule has 0 spiro atoms. The van der Waals surface area contributed by atoms with Crippen molar-refractivity contribution in [2.24, 2.45) is 0 Å². The molecule has 0 aliphatic heterocycles. The highest BCUT2D eigenvalue weighted by Crippen LogP contribution is 1.95. The minimum atomic E-state index is 1.25. The first-order valence-corrected chi connectivity index (χ1v) is 3.88. The molecular formula is C8H8P-. The normalized spacial score (nSPS) is 8.00. The topological polar surface area (TPSA) is 0 Å². The summed E-state index contributed by atoms with van der Waals surface area (Å²) in [6, 6.07) is 12.2. The predicted octanol–water partition coefficient (Wildman–Crippen LogP) is 3.11. The fraction of sp³-hybridized carbons (Fsp3) is 0. The molecule has 0 aliphatic carbocycles. The monoisotopic (exact) mass is 135 g/mol. The van der Waals surface area contributed by atoms with Crippen molar-refractivity contribution >= 4 is 8.19 Å². The molecule has 1 heterocycles. The van der Waals surface area contributed by atoms with Crippen molar-refractivity contribution in [2.75, 3.05) is 0 Å². The van der Waals surface area contributed by atoms with Crippen LogP contribution < -0.4 is 0 Å². The Morgan fingerprint density at radius 3 is 1.56 bits per heavy atom. The summed E-state index contributed by atoms with van der Waals surface area (Å²) in [5, 5.41) is 0. The second-order valence-corrected chi connectivity index (χ2v) is 2.50. The summed E-state index contributed by atoms with van der Waals surface area (Å²) in [6.45, 7) is 0. The Labute approximate surface area is 57.0 Å². The van der Waals surface area contributed by atoms with E-state index >= 15 is 0 Å². The first kappa shape index (κ1) is 6.38. The average molecular weight is 135 g/mol. The smallest absolute Gasteiger partial charge is 0.0624 e. The first-order valence-electron chi connectivity index (χ1n) is 2.85. The zero-order valence-corrected chi connectivity index (χ0v) is 5.96. The van der Waals surface area contributed by atoms with Gasteiger partial charge in [-0.1, -0.05) is 36.4 Å². The van der Waals surface area contributed by atoms with Gasteiger partial charge in [0, 0.05) is 0 Å². The molecule has 1 aromatic rings. The van der Waals surface area contributed by atoms with E-state index in [1.165, 1.54) is 8.19 Å². The minimum absolute atomic E-state index is 1.25. The van der Waals surface area contributed by atoms with Crippen LogP contribution in [0, 0.1) is 0 Å². The summed E-state index contributed by atoms with van der Waals surface area (Å²) in [6.07, 6.45) is 0. The second-order valence-electron chi connectivity index (χ2n) is 1.60. The van der Waals surface area contributed by atoms with E-state index in [4.69, 9.17) is 0 Å². The fourth-order valence-corrected chi connectivity index (χ4v) is 1.00. The van der Waals surface area contributed by atoms with Crippen LogP contribution in [0.5, 0.6) is 0 Å². The predicted molar refractivity (Wildman–Crippen MR) is 42.2 cm³/mol. The van der Waals surface area contributed by atoms with Crippen molar-refractivity contribution in [1.29, 1.82) is 0 Å². The Bertz CT molecular complexity index is 126. The van der Waals surface area contributed by atoms with Gasteiger partial charge in [-0.2, -0.15) is 0 Å². The Morgan fingerprint density at radius 2 is 1.00 bits per heavy atom. The van der Waals surface area contributed by atoms with E-state index in [0.29, 0.717) is 0 Å². The van der Waals surface area contributed by atoms with Gasteiger partial charge < -0.3 is 8.19 Å². The summed E-state index contributed by atoms with van der Waals surface area (Å²) in [5.41, 5.74) is 0. The van der Waals surface area contributed by atoms with Crippen LogP contribution in [0.2, 0.25) is 0 Å². The van der Waals surface area contributed by atoms with Crippen LogP contribution in [0.15, 0.2) is 48.0 Å². The van der Waals surface area contributed by atoms with Gasteiger partial charge in [-0.15, -0.1) is 0 Å². The molecule has 0 N–H and O–H groups in total. The van der Waals surface area contributed by atoms with E-state index in [1.807, 2.05) is 36.4 Å². The molecule has 0 bridgehead atoms. The van der Waals surface area contributed by atoms with Crippen LogP contribution in [0.3, 0.4) is 0 Å². The van der Waals surface area contributed by atoms with Crippen molar-refractivity contribution in [1.82, 2.24) is 0 Å². The lowest BCUT2D eigenvalue weighted by Gasteiger charge is -1.80. The van der Waals surface area contributed by atoms with Crippen molar-refractivity contribution in [3.63, 3.8) is 0 Å². The molecule has 0 atom stereocenters. The van der Waals surface area contributed by atoms with Gasteiger partial charge in [0.1, 0.15) is 0 Å². The maximum absolute atomic E-state index is 2.10. The molecular weight excluding hydrogens is 127 g/mol. The Balaban J connectivity index is 3.04. The summed E-state index contributed by atoms with van der Waals surface area (Å²) in [4.78, 5) is 0. The molecule has 0 saturated carbocycles. The number of rotatable bonds is 0. The minimum Gasteiger partial charge on any atom is -0.531 e. The lowest BCUT2D eigenvalue weighted by Crippen LogP contribution is -1.38. The lowest BCUT2D eigenvalue weighted by atomic mass is 10.5. The third-order valence-corrected chi connectivity index (χ3v) is 1.59. The quantitative estimate of drug-likeness (QED) is 0.512. The lowest BCUT2D eigenvalue weighted by molar-refractivity contribution is 1.82. The van der Waals surface area contributed by atoms with E-state index in [0.717, 1.165) is 0 Å². The van der Waals surface area contributed by atoms with Crippen LogP contribution in [0.4, 0.5) is 0 Å². The fourth-order valence-electron chi connectivity index (χ4n) is 0.505. The van der Waals surface area contributed by atoms with Crippen LogP contribution in [-0.2, 0) is 0 Å². The van der Waals surface area contributed by atoms with Crippen molar-refractivity contribution < 1.29 is 0 Å². The standard InChI is InChI=1S/C8H8P/c1-2-4-6-8-9-7-5-3-1/h1-8H/q-1. The molecule has 0 unspecified atom stereocenters. The van der Waals surface area contributed by atoms with Gasteiger partial charge in [0.25, 0.3) is 0 Å². The Kier molecular flexibility index (Phi) is 2.96. The van der Waals surface area contributed by atoms with Gasteiger partial charge in [0.05, 0.1) is 0 Å². The third-order valence-electron chi connectivity index (χ3n) is 0.900. The molecule has 0 saturated heterocycles. The van der Waals surface area contributed by atoms with Crippen LogP contribution >= 0.6 is 8.19 Å². The maximum Gasteiger partial charge on any atom is -0.0624 e. The van der Waals surface area contributed by atoms with Crippen LogP contribution in [0.1, 0.15) is 0 Å². The largest absolute Gasteiger partial charge is 0.531 e. The molecule has 0 aromatic carbocycles. The van der Waals surface area contributed by atoms with Gasteiger partial charge in [-0.05, 0) is 0 Å². The molecule has 1 heteroatoms. The van der Waals surface area contributed by atoms with E-state index < -0.39 is 0 Å². The average Bonchev–Trinajstić information content (AvgIpc) is 2.00. The zero-order valence-electron chi connectivity index (χ0n) is 5.07. The number of hydrogen-bond acceptors (Lipinski definition) is 0. The molecule has 0 fully saturated rings. The number of hydrogen-bond donors (Lipinski definition) is 0. The molecule has 0 radical (unpaired) electrons. The van der Waals surface area contributed by atoms with E-state index in [2.05, 4.69) is 11.6 Å². The Morgan fingerprint density at radius 1 is 0.556 bits per heavy atom. The van der Waals surface area contributed by atoms with Gasteiger partial charge in [0.2, 0.25) is 0 Å². The highest BCUT2D eigenvalue weighted by atomic mass is 31.0. The first-order chi connectivity index (χ1) is 4.50. The van der Waals surface area contributed by atoms with Crippen molar-refractivity contribution in [2.45, 2.75) is 0 Å². The van der Waals surface area contributed by atoms with Crippen molar-refractivity contribution in [3.05, 3.63) is 48.0 Å². The van der Waals surface area contributed by atoms with Crippen molar-refractivity contribution in [3.8, 4) is 0 Å². The van der Waals surface area contributed by atoms with Gasteiger partial charge in [-0.25, -0.2) is 11.6 Å². The Hall–Kier alpha value is -0.740. The molecule has 9 heavy (non-hydrogen) atoms. The molecule has 1 rings (SSSR count). The van der Waals surface area contributed by atoms with Crippen LogP contribution in [0.25, 0.3) is 0 Å². The summed E-state index contributed by atoms with van der Waals surface area (Å²) in [7, 11) is 1.25. The molecule has 1 aromatic heterocycles. The van der Waals surface area contributed by atoms with E-state index in [9.17, 15) is 0 Å². The third kappa shape index (κ3) is 2.94. The highest BCUT2D eigenvalue weighted by molar-refractivity contribution is 7.28. The molecule has 46 valence electrons. The van der Waals surface area contributed by atoms with Crippen LogP contribution in [-0.4, -0.2) is 0 Å². The zero-order chi connectivity index (χ0) is 6.36. The summed E-state index contributed by atoms with van der Waals surface area (Å²) < 4.78 is 0. The summed E-state index contributed by atoms with van der Waals surface area (Å²) in [5.74, 6) is 4.19. The summed E-state index contributed by atoms with van der Waals surface area (Å²) >= 11 is 0. The SMILES string of the molecule is c1cccc[p-]ccc1. The van der Waals surface area contributed by atoms with E-state index in [1.54, 1.807) is 0 Å². The highest BCUT2D eigenvalue weighted by Gasteiger charge is 1.51. The second kappa shape index (κ2) is 4.17. The van der Waals surface area contributed by atoms with Gasteiger partial charge in [0.15, 0.2) is 0 Å². The van der Waals surface area contributed by atoms with Gasteiger partial charge >= 0.3 is 0 Å².